The number of amides is 6. The summed E-state index contributed by atoms with van der Waals surface area (Å²) in [5.74, 6) is -5.74. The van der Waals surface area contributed by atoms with Crippen LogP contribution in [-0.4, -0.2) is 128 Å². The Bertz CT molecular complexity index is 1430. The lowest BCUT2D eigenvalue weighted by atomic mass is 10.0. The lowest BCUT2D eigenvalue weighted by molar-refractivity contribution is -0.143. The Labute approximate surface area is 286 Å². The number of carbonyl (C=O) groups is 7. The first-order chi connectivity index (χ1) is 23.3. The van der Waals surface area contributed by atoms with Crippen molar-refractivity contribution in [2.75, 3.05) is 13.2 Å². The van der Waals surface area contributed by atoms with Crippen molar-refractivity contribution < 1.29 is 62.7 Å². The molecule has 1 aliphatic rings. The summed E-state index contributed by atoms with van der Waals surface area (Å²) in [4.78, 5) is 108. The van der Waals surface area contributed by atoms with Gasteiger partial charge in [0.05, 0.1) is 31.3 Å². The number of nitrogens with two attached hydrogens (primary N) is 2. The van der Waals surface area contributed by atoms with Crippen LogP contribution in [0.25, 0.3) is 0 Å². The van der Waals surface area contributed by atoms with Gasteiger partial charge in [-0.15, -0.1) is 0 Å². The Morgan fingerprint density at radius 1 is 0.960 bits per heavy atom. The van der Waals surface area contributed by atoms with E-state index >= 15 is 0 Å². The van der Waals surface area contributed by atoms with Gasteiger partial charge in [-0.2, -0.15) is 0 Å². The number of hydrogen-bond donors (Lipinski definition) is 10. The second-order valence-electron chi connectivity index (χ2n) is 11.7. The highest BCUT2D eigenvalue weighted by molar-refractivity contribution is 7.46. The molecule has 1 aliphatic heterocycles. The maximum absolute atomic E-state index is 13.5. The third-order valence-corrected chi connectivity index (χ3v) is 8.06. The number of aldehydes is 1. The van der Waals surface area contributed by atoms with E-state index in [1.807, 2.05) is 0 Å². The van der Waals surface area contributed by atoms with Crippen molar-refractivity contribution in [2.45, 2.75) is 88.0 Å². The van der Waals surface area contributed by atoms with Gasteiger partial charge in [-0.3, -0.25) is 33.3 Å². The van der Waals surface area contributed by atoms with Crippen LogP contribution in [0.2, 0.25) is 0 Å². The number of carbonyl (C=O) groups excluding carboxylic acids is 7. The topological polar surface area (TPSA) is 330 Å². The molecule has 0 unspecified atom stereocenters. The van der Waals surface area contributed by atoms with E-state index in [2.05, 4.69) is 25.8 Å². The molecule has 0 spiro atoms. The molecule has 21 heteroatoms. The molecule has 20 nitrogen and oxygen atoms in total. The Morgan fingerprint density at radius 3 is 2.12 bits per heavy atom. The minimum atomic E-state index is -5.13. The normalized spacial score (nSPS) is 18.7. The van der Waals surface area contributed by atoms with E-state index in [0.29, 0.717) is 11.8 Å². The number of phosphoric ester groups is 1. The fourth-order valence-electron chi connectivity index (χ4n) is 4.95. The molecule has 1 aromatic carbocycles. The molecule has 2 rings (SSSR count). The molecule has 0 saturated carbocycles. The van der Waals surface area contributed by atoms with Crippen LogP contribution in [0.5, 0.6) is 0 Å². The van der Waals surface area contributed by atoms with Crippen molar-refractivity contribution in [3.63, 3.8) is 0 Å². The third-order valence-electron chi connectivity index (χ3n) is 7.58. The maximum Gasteiger partial charge on any atom is 0.469 e. The monoisotopic (exact) mass is 729 g/mol. The predicted molar refractivity (Wildman–Crippen MR) is 172 cm³/mol. The van der Waals surface area contributed by atoms with Gasteiger partial charge in [0.2, 0.25) is 35.4 Å². The average Bonchev–Trinajstić information content (AvgIpc) is 3.53. The van der Waals surface area contributed by atoms with Crippen molar-refractivity contribution in [3.8, 4) is 0 Å². The van der Waals surface area contributed by atoms with Crippen molar-refractivity contribution in [3.05, 3.63) is 35.9 Å². The standard InChI is InChI=1S/C29H44N7O13P/c1-15(38)23(31)27(43)34-20(14-49-50(46,47)48)29(45)36-10-6-9-21(36)26(42)35-24(16(2)39)28(44)33-19(11-17-7-4-3-5-8-17)25(41)32-18(13-37)12-22(30)40/h3-5,7-8,13,15-16,18-21,23-24,38-39H,6,9-12,14,31H2,1-2H3,(H2,30,40)(H,32,41)(H,33,44)(H,34,43)(H,35,42)(H2,46,47,48)/t15-,16-,18+,19+,20+,21+,23+,24+/m1/s1. The summed E-state index contributed by atoms with van der Waals surface area (Å²) in [5, 5.41) is 29.4. The fourth-order valence-corrected chi connectivity index (χ4v) is 5.29. The number of hydrogen-bond acceptors (Lipinski definition) is 12. The van der Waals surface area contributed by atoms with Gasteiger partial charge in [0, 0.05) is 13.0 Å². The summed E-state index contributed by atoms with van der Waals surface area (Å²) in [7, 11) is -5.13. The largest absolute Gasteiger partial charge is 0.469 e. The van der Waals surface area contributed by atoms with Gasteiger partial charge >= 0.3 is 7.82 Å². The fraction of sp³-hybridized carbons (Fsp3) is 0.552. The third kappa shape index (κ3) is 13.2. The molecule has 1 heterocycles. The van der Waals surface area contributed by atoms with E-state index in [1.165, 1.54) is 13.8 Å². The van der Waals surface area contributed by atoms with Gasteiger partial charge in [-0.1, -0.05) is 30.3 Å². The van der Waals surface area contributed by atoms with Crippen LogP contribution < -0.4 is 32.7 Å². The number of nitrogens with zero attached hydrogens (tertiary/aromatic N) is 1. The molecular weight excluding hydrogens is 685 g/mol. The Hall–Kier alpha value is -4.30. The first kappa shape index (κ1) is 41.9. The van der Waals surface area contributed by atoms with Gasteiger partial charge in [-0.05, 0) is 32.3 Å². The van der Waals surface area contributed by atoms with Crippen LogP contribution in [0, 0.1) is 0 Å². The lowest BCUT2D eigenvalue weighted by Crippen LogP contribution is -2.61. The summed E-state index contributed by atoms with van der Waals surface area (Å²) >= 11 is 0. The first-order valence-corrected chi connectivity index (χ1v) is 17.0. The van der Waals surface area contributed by atoms with Gasteiger partial charge < -0.3 is 62.4 Å². The van der Waals surface area contributed by atoms with Crippen molar-refractivity contribution in [1.29, 1.82) is 0 Å². The number of rotatable bonds is 19. The highest BCUT2D eigenvalue weighted by Gasteiger charge is 2.41. The molecular formula is C29H44N7O13P. The van der Waals surface area contributed by atoms with Crippen molar-refractivity contribution >= 4 is 49.6 Å². The molecule has 1 aromatic rings. The Balaban J connectivity index is 2.27. The Morgan fingerprint density at radius 2 is 1.58 bits per heavy atom. The van der Waals surface area contributed by atoms with Crippen LogP contribution >= 0.6 is 7.82 Å². The summed E-state index contributed by atoms with van der Waals surface area (Å²) in [6.07, 6.45) is -2.92. The summed E-state index contributed by atoms with van der Waals surface area (Å²) < 4.78 is 15.8. The molecule has 50 heavy (non-hydrogen) atoms. The number of primary amides is 1. The zero-order valence-electron chi connectivity index (χ0n) is 27.3. The van der Waals surface area contributed by atoms with E-state index in [4.69, 9.17) is 21.3 Å². The number of aliphatic hydroxyl groups excluding tert-OH is 2. The van der Waals surface area contributed by atoms with Crippen LogP contribution in [0.15, 0.2) is 30.3 Å². The van der Waals surface area contributed by atoms with E-state index < -0.39 is 105 Å². The summed E-state index contributed by atoms with van der Waals surface area (Å²) in [5.41, 5.74) is 11.3. The molecule has 8 atom stereocenters. The Kier molecular flexibility index (Phi) is 16.1. The van der Waals surface area contributed by atoms with E-state index in [0.717, 1.165) is 4.90 Å². The molecule has 0 bridgehead atoms. The predicted octanol–water partition coefficient (Wildman–Crippen LogP) is -4.57. The lowest BCUT2D eigenvalue weighted by Gasteiger charge is -2.31. The quantitative estimate of drug-likeness (QED) is 0.0474. The molecule has 1 fully saturated rings. The van der Waals surface area contributed by atoms with E-state index in [-0.39, 0.29) is 25.8 Å². The number of benzene rings is 1. The van der Waals surface area contributed by atoms with Crippen LogP contribution in [0.4, 0.5) is 0 Å². The summed E-state index contributed by atoms with van der Waals surface area (Å²) in [6, 6.07) is -0.530. The van der Waals surface area contributed by atoms with Gasteiger partial charge in [0.25, 0.3) is 0 Å². The smallest absolute Gasteiger partial charge is 0.391 e. The van der Waals surface area contributed by atoms with Gasteiger partial charge in [0.15, 0.2) is 0 Å². The van der Waals surface area contributed by atoms with Crippen LogP contribution in [0.1, 0.15) is 38.7 Å². The average molecular weight is 730 g/mol. The number of phosphoric acid groups is 1. The number of nitrogens with one attached hydrogen (secondary N) is 4. The molecule has 6 amide bonds. The zero-order chi connectivity index (χ0) is 37.8. The molecule has 1 saturated heterocycles. The zero-order valence-corrected chi connectivity index (χ0v) is 28.2. The van der Waals surface area contributed by atoms with Gasteiger partial charge in [0.1, 0.15) is 36.5 Å². The second-order valence-corrected chi connectivity index (χ2v) is 12.9. The van der Waals surface area contributed by atoms with Crippen molar-refractivity contribution in [2.24, 2.45) is 11.5 Å². The van der Waals surface area contributed by atoms with Crippen molar-refractivity contribution in [1.82, 2.24) is 26.2 Å². The van der Waals surface area contributed by atoms with E-state index in [1.54, 1.807) is 30.3 Å². The van der Waals surface area contributed by atoms with E-state index in [9.17, 15) is 48.3 Å². The minimum absolute atomic E-state index is 0.0465. The summed E-state index contributed by atoms with van der Waals surface area (Å²) in [6.45, 7) is 1.29. The number of aliphatic hydroxyl groups is 2. The van der Waals surface area contributed by atoms with Crippen LogP contribution in [0.3, 0.4) is 0 Å². The molecule has 0 aromatic heterocycles. The van der Waals surface area contributed by atoms with Gasteiger partial charge in [-0.25, -0.2) is 4.57 Å². The minimum Gasteiger partial charge on any atom is -0.391 e. The molecule has 0 aliphatic carbocycles. The molecule has 278 valence electrons. The number of likely N-dealkylation sites (tertiary alicyclic amines) is 1. The first-order valence-electron chi connectivity index (χ1n) is 15.5. The molecule has 0 radical (unpaired) electrons. The maximum atomic E-state index is 13.5. The SMILES string of the molecule is C[C@@H](O)[C@H](N)C(=O)N[C@@H](COP(=O)(O)O)C(=O)N1CCC[C@H]1C(=O)N[C@H](C(=O)N[C@@H](Cc1ccccc1)C(=O)N[C@H](C=O)CC(N)=O)[C@@H](C)O. The second kappa shape index (κ2) is 19.2. The van der Waals surface area contributed by atoms with Crippen LogP contribution in [-0.2, 0) is 49.1 Å². The highest BCUT2D eigenvalue weighted by Crippen LogP contribution is 2.36. The molecule has 12 N–H and O–H groups in total. The highest BCUT2D eigenvalue weighted by atomic mass is 31.2.